The first-order chi connectivity index (χ1) is 11.3. The topological polar surface area (TPSA) is 91.6 Å². The van der Waals surface area contributed by atoms with Gasteiger partial charge in [0, 0.05) is 13.0 Å². The fourth-order valence-electron chi connectivity index (χ4n) is 2.10. The van der Waals surface area contributed by atoms with E-state index in [4.69, 9.17) is 4.42 Å². The van der Waals surface area contributed by atoms with Crippen LogP contribution in [0.2, 0.25) is 0 Å². The van der Waals surface area contributed by atoms with Gasteiger partial charge in [-0.15, -0.1) is 0 Å². The summed E-state index contributed by atoms with van der Waals surface area (Å²) < 4.78 is 4.83. The maximum Gasteiger partial charge on any atom is 0.254 e. The highest BCUT2D eigenvalue weighted by Crippen LogP contribution is 2.30. The van der Waals surface area contributed by atoms with Gasteiger partial charge in [-0.2, -0.15) is 0 Å². The van der Waals surface area contributed by atoms with Crippen molar-refractivity contribution in [2.45, 2.75) is 32.6 Å². The van der Waals surface area contributed by atoms with Crippen LogP contribution in [0.4, 0.5) is 5.69 Å². The van der Waals surface area contributed by atoms with Crippen LogP contribution in [0.25, 0.3) is 0 Å². The van der Waals surface area contributed by atoms with Crippen molar-refractivity contribution in [3.8, 4) is 5.75 Å². The van der Waals surface area contributed by atoms with Gasteiger partial charge in [0.05, 0.1) is 17.5 Å². The first-order valence-corrected chi connectivity index (χ1v) is 7.71. The van der Waals surface area contributed by atoms with E-state index in [-0.39, 0.29) is 35.9 Å². The summed E-state index contributed by atoms with van der Waals surface area (Å²) in [7, 11) is 0. The number of hydrogen-bond donors (Lipinski definition) is 3. The molecule has 0 saturated heterocycles. The van der Waals surface area contributed by atoms with Crippen LogP contribution < -0.4 is 10.6 Å². The minimum atomic E-state index is -0.297. The summed E-state index contributed by atoms with van der Waals surface area (Å²) in [5, 5.41) is 15.2. The highest BCUT2D eigenvalue weighted by molar-refractivity contribution is 5.95. The predicted octanol–water partition coefficient (Wildman–Crippen LogP) is 3.04. The molecule has 0 aliphatic rings. The van der Waals surface area contributed by atoms with Gasteiger partial charge in [0.15, 0.2) is 0 Å². The lowest BCUT2D eigenvalue weighted by atomic mass is 9.87. The highest BCUT2D eigenvalue weighted by atomic mass is 16.3. The number of phenolic OH excluding ortho intramolecular Hbond substituents is 1. The first-order valence-electron chi connectivity index (χ1n) is 7.71. The van der Waals surface area contributed by atoms with Gasteiger partial charge in [0.1, 0.15) is 12.0 Å². The number of benzene rings is 1. The number of rotatable bonds is 5. The molecule has 0 radical (unpaired) electrons. The number of anilines is 1. The van der Waals surface area contributed by atoms with E-state index in [1.807, 2.05) is 6.07 Å². The summed E-state index contributed by atoms with van der Waals surface area (Å²) in [5.74, 6) is -0.572. The van der Waals surface area contributed by atoms with Gasteiger partial charge in [0.2, 0.25) is 5.91 Å². The molecule has 2 amide bonds. The van der Waals surface area contributed by atoms with E-state index in [0.29, 0.717) is 11.3 Å². The Morgan fingerprint density at radius 1 is 1.21 bits per heavy atom. The number of carbonyl (C=O) groups is 2. The molecule has 0 unspecified atom stereocenters. The molecular formula is C18H22N2O4. The second-order valence-electron chi connectivity index (χ2n) is 6.55. The minimum absolute atomic E-state index is 0.0128. The van der Waals surface area contributed by atoms with Crippen LogP contribution in [0.5, 0.6) is 5.75 Å². The highest BCUT2D eigenvalue weighted by Gasteiger charge is 2.16. The molecule has 24 heavy (non-hydrogen) atoms. The Morgan fingerprint density at radius 3 is 2.58 bits per heavy atom. The average molecular weight is 330 g/mol. The molecule has 0 aliphatic heterocycles. The van der Waals surface area contributed by atoms with Gasteiger partial charge in [0.25, 0.3) is 5.91 Å². The molecular weight excluding hydrogens is 308 g/mol. The number of phenols is 1. The molecule has 6 heteroatoms. The van der Waals surface area contributed by atoms with Crippen molar-refractivity contribution < 1.29 is 19.1 Å². The lowest BCUT2D eigenvalue weighted by molar-refractivity contribution is -0.116. The predicted molar refractivity (Wildman–Crippen MR) is 91.1 cm³/mol. The molecule has 0 saturated carbocycles. The lowest BCUT2D eigenvalue weighted by Gasteiger charge is -2.20. The Balaban J connectivity index is 1.89. The van der Waals surface area contributed by atoms with Gasteiger partial charge >= 0.3 is 0 Å². The van der Waals surface area contributed by atoms with E-state index >= 15 is 0 Å². The molecule has 2 aromatic rings. The zero-order valence-corrected chi connectivity index (χ0v) is 14.1. The lowest BCUT2D eigenvalue weighted by Crippen LogP contribution is -2.27. The Bertz CT molecular complexity index is 715. The summed E-state index contributed by atoms with van der Waals surface area (Å²) in [6, 6.07) is 6.70. The van der Waals surface area contributed by atoms with Crippen LogP contribution in [-0.2, 0) is 10.2 Å². The Morgan fingerprint density at radius 2 is 1.96 bits per heavy atom. The average Bonchev–Trinajstić information content (AvgIpc) is 3.02. The number of amides is 2. The van der Waals surface area contributed by atoms with Crippen LogP contribution in [0, 0.1) is 0 Å². The normalized spacial score (nSPS) is 11.1. The van der Waals surface area contributed by atoms with Gasteiger partial charge in [-0.05, 0) is 29.2 Å². The number of furan rings is 1. The Hall–Kier alpha value is -2.76. The molecule has 128 valence electrons. The summed E-state index contributed by atoms with van der Waals surface area (Å²) >= 11 is 0. The molecule has 3 N–H and O–H groups in total. The second kappa shape index (κ2) is 7.21. The van der Waals surface area contributed by atoms with Crippen molar-refractivity contribution in [2.24, 2.45) is 0 Å². The largest absolute Gasteiger partial charge is 0.506 e. The second-order valence-corrected chi connectivity index (χ2v) is 6.55. The van der Waals surface area contributed by atoms with Gasteiger partial charge in [-0.25, -0.2) is 0 Å². The van der Waals surface area contributed by atoms with Crippen molar-refractivity contribution in [3.63, 3.8) is 0 Å². The van der Waals surface area contributed by atoms with Crippen molar-refractivity contribution in [2.75, 3.05) is 11.9 Å². The monoisotopic (exact) mass is 330 g/mol. The van der Waals surface area contributed by atoms with Crippen molar-refractivity contribution in [1.82, 2.24) is 5.32 Å². The molecule has 6 nitrogen and oxygen atoms in total. The zero-order chi connectivity index (χ0) is 17.7. The van der Waals surface area contributed by atoms with E-state index in [0.717, 1.165) is 5.56 Å². The number of nitrogens with one attached hydrogen (secondary N) is 2. The van der Waals surface area contributed by atoms with Gasteiger partial charge < -0.3 is 20.2 Å². The molecule has 0 bridgehead atoms. The molecule has 0 spiro atoms. The van der Waals surface area contributed by atoms with Crippen molar-refractivity contribution >= 4 is 17.5 Å². The van der Waals surface area contributed by atoms with Crippen LogP contribution in [0.1, 0.15) is 43.1 Å². The number of carbonyl (C=O) groups excluding carboxylic acids is 2. The molecule has 0 fully saturated rings. The number of aromatic hydroxyl groups is 1. The van der Waals surface area contributed by atoms with Gasteiger partial charge in [-0.1, -0.05) is 26.8 Å². The van der Waals surface area contributed by atoms with Crippen LogP contribution in [0.3, 0.4) is 0 Å². The number of hydrogen-bond acceptors (Lipinski definition) is 4. The third-order valence-corrected chi connectivity index (χ3v) is 3.56. The third-order valence-electron chi connectivity index (χ3n) is 3.56. The van der Waals surface area contributed by atoms with E-state index in [1.54, 1.807) is 18.2 Å². The SMILES string of the molecule is CC(C)(C)c1ccc(O)c(NC(=O)CCNC(=O)c2ccoc2)c1. The van der Waals surface area contributed by atoms with Crippen LogP contribution in [-0.4, -0.2) is 23.5 Å². The summed E-state index contributed by atoms with van der Waals surface area (Å²) in [6.07, 6.45) is 2.85. The molecule has 1 aromatic heterocycles. The summed E-state index contributed by atoms with van der Waals surface area (Å²) in [6.45, 7) is 6.35. The minimum Gasteiger partial charge on any atom is -0.506 e. The Kier molecular flexibility index (Phi) is 5.28. The van der Waals surface area contributed by atoms with E-state index in [2.05, 4.69) is 31.4 Å². The standard InChI is InChI=1S/C18H22N2O4/c1-18(2,3)13-4-5-15(21)14(10-13)20-16(22)6-8-19-17(23)12-7-9-24-11-12/h4-5,7,9-11,21H,6,8H2,1-3H3,(H,19,23)(H,20,22). The molecule has 1 aromatic carbocycles. The van der Waals surface area contributed by atoms with Crippen molar-refractivity contribution in [1.29, 1.82) is 0 Å². The van der Waals surface area contributed by atoms with Crippen LogP contribution >= 0.6 is 0 Å². The summed E-state index contributed by atoms with van der Waals surface area (Å²) in [4.78, 5) is 23.7. The third kappa shape index (κ3) is 4.62. The molecule has 0 atom stereocenters. The fourth-order valence-corrected chi connectivity index (χ4v) is 2.10. The van der Waals surface area contributed by atoms with Gasteiger partial charge in [-0.3, -0.25) is 9.59 Å². The maximum atomic E-state index is 12.0. The quantitative estimate of drug-likeness (QED) is 0.735. The summed E-state index contributed by atoms with van der Waals surface area (Å²) in [5.41, 5.74) is 1.69. The van der Waals surface area contributed by atoms with Crippen LogP contribution in [0.15, 0.2) is 41.2 Å². The zero-order valence-electron chi connectivity index (χ0n) is 14.1. The van der Waals surface area contributed by atoms with E-state index < -0.39 is 0 Å². The molecule has 2 rings (SSSR count). The molecule has 1 heterocycles. The Labute approximate surface area is 140 Å². The van der Waals surface area contributed by atoms with E-state index in [1.165, 1.54) is 12.5 Å². The van der Waals surface area contributed by atoms with Crippen molar-refractivity contribution in [3.05, 3.63) is 47.9 Å². The maximum absolute atomic E-state index is 12.0. The fraction of sp³-hybridized carbons (Fsp3) is 0.333. The van der Waals surface area contributed by atoms with E-state index in [9.17, 15) is 14.7 Å². The smallest absolute Gasteiger partial charge is 0.254 e. The molecule has 0 aliphatic carbocycles. The first kappa shape index (κ1) is 17.6.